The van der Waals surface area contributed by atoms with E-state index in [4.69, 9.17) is 40.2 Å². The topological polar surface area (TPSA) is 55.2 Å². The second-order valence-corrected chi connectivity index (χ2v) is 7.17. The van der Waals surface area contributed by atoms with Gasteiger partial charge in [-0.3, -0.25) is 0 Å². The number of hydrogen-bond acceptors (Lipinski definition) is 4. The molecule has 0 spiro atoms. The number of nitrogens with zero attached hydrogens (tertiary/aromatic N) is 3. The molecule has 8 heteroatoms. The lowest BCUT2D eigenvalue weighted by atomic mass is 10.0. The molecule has 0 atom stereocenters. The Kier molecular flexibility index (Phi) is 5.17. The molecule has 0 bridgehead atoms. The molecule has 0 radical (unpaired) electrons. The standard InChI is InChI=1S/C20H14Cl2N4OS/c1-27-18-9-6-12-4-2-3-5-14(12)16(18)11-23-26-19(24-25-20(26)28)15-8-7-13(21)10-17(15)22/h2-11H,1H3,(H,25,28)/b23-11-. The molecule has 28 heavy (non-hydrogen) atoms. The summed E-state index contributed by atoms with van der Waals surface area (Å²) in [6, 6.07) is 17.1. The van der Waals surface area contributed by atoms with Gasteiger partial charge in [-0.25, -0.2) is 5.10 Å². The molecule has 0 saturated heterocycles. The summed E-state index contributed by atoms with van der Waals surface area (Å²) in [5.41, 5.74) is 1.51. The van der Waals surface area contributed by atoms with Crippen molar-refractivity contribution in [3.05, 3.63) is 75.0 Å². The number of methoxy groups -OCH3 is 1. The molecule has 5 nitrogen and oxygen atoms in total. The maximum Gasteiger partial charge on any atom is 0.216 e. The Morgan fingerprint density at radius 2 is 1.96 bits per heavy atom. The van der Waals surface area contributed by atoms with Crippen molar-refractivity contribution in [2.45, 2.75) is 0 Å². The van der Waals surface area contributed by atoms with Crippen molar-refractivity contribution in [1.29, 1.82) is 0 Å². The number of fused-ring (bicyclic) bond motifs is 1. The Morgan fingerprint density at radius 3 is 2.75 bits per heavy atom. The SMILES string of the molecule is COc1ccc2ccccc2c1/C=N\n1c(-c2ccc(Cl)cc2Cl)n[nH]c1=S. The lowest BCUT2D eigenvalue weighted by Crippen LogP contribution is -1.98. The number of aromatic amines is 1. The van der Waals surface area contributed by atoms with Crippen molar-refractivity contribution in [2.24, 2.45) is 5.10 Å². The number of rotatable bonds is 4. The molecule has 0 amide bonds. The van der Waals surface area contributed by atoms with E-state index in [1.165, 1.54) is 4.68 Å². The number of benzene rings is 3. The minimum absolute atomic E-state index is 0.344. The summed E-state index contributed by atoms with van der Waals surface area (Å²) in [4.78, 5) is 0. The van der Waals surface area contributed by atoms with Gasteiger partial charge in [0.2, 0.25) is 4.77 Å². The number of ether oxygens (including phenoxy) is 1. The van der Waals surface area contributed by atoms with E-state index < -0.39 is 0 Å². The molecule has 4 aromatic rings. The Labute approximate surface area is 176 Å². The second kappa shape index (κ2) is 7.75. The van der Waals surface area contributed by atoms with Crippen LogP contribution in [0.15, 0.2) is 59.7 Å². The van der Waals surface area contributed by atoms with Gasteiger partial charge in [0.15, 0.2) is 5.82 Å². The monoisotopic (exact) mass is 428 g/mol. The summed E-state index contributed by atoms with van der Waals surface area (Å²) in [5, 5.41) is 14.7. The van der Waals surface area contributed by atoms with Crippen LogP contribution in [0.3, 0.4) is 0 Å². The van der Waals surface area contributed by atoms with Gasteiger partial charge >= 0.3 is 0 Å². The van der Waals surface area contributed by atoms with E-state index in [2.05, 4.69) is 15.3 Å². The van der Waals surface area contributed by atoms with Crippen LogP contribution in [-0.4, -0.2) is 28.2 Å². The van der Waals surface area contributed by atoms with Gasteiger partial charge in [0.1, 0.15) is 5.75 Å². The van der Waals surface area contributed by atoms with Crippen LogP contribution >= 0.6 is 35.4 Å². The van der Waals surface area contributed by atoms with Crippen molar-refractivity contribution in [3.63, 3.8) is 0 Å². The van der Waals surface area contributed by atoms with E-state index in [0.29, 0.717) is 32.0 Å². The normalized spacial score (nSPS) is 11.4. The molecule has 0 unspecified atom stereocenters. The summed E-state index contributed by atoms with van der Waals surface area (Å²) in [6.07, 6.45) is 1.71. The van der Waals surface area contributed by atoms with Gasteiger partial charge in [0.05, 0.1) is 18.3 Å². The molecule has 0 aliphatic heterocycles. The molecule has 1 aromatic heterocycles. The third-order valence-electron chi connectivity index (χ3n) is 4.28. The number of halogens is 2. The smallest absolute Gasteiger partial charge is 0.216 e. The molecule has 0 aliphatic carbocycles. The van der Waals surface area contributed by atoms with E-state index in [9.17, 15) is 0 Å². The van der Waals surface area contributed by atoms with Crippen LogP contribution < -0.4 is 4.74 Å². The summed E-state index contributed by atoms with van der Waals surface area (Å²) in [7, 11) is 1.63. The predicted molar refractivity (Wildman–Crippen MR) is 116 cm³/mol. The quantitative estimate of drug-likeness (QED) is 0.322. The Morgan fingerprint density at radius 1 is 1.14 bits per heavy atom. The summed E-state index contributed by atoms with van der Waals surface area (Å²) >= 11 is 17.7. The Hall–Kier alpha value is -2.67. The molecular weight excluding hydrogens is 415 g/mol. The fraction of sp³-hybridized carbons (Fsp3) is 0.0500. The molecule has 140 valence electrons. The van der Waals surface area contributed by atoms with E-state index in [-0.39, 0.29) is 0 Å². The minimum atomic E-state index is 0.344. The zero-order valence-electron chi connectivity index (χ0n) is 14.7. The van der Waals surface area contributed by atoms with Crippen LogP contribution in [0.4, 0.5) is 0 Å². The van der Waals surface area contributed by atoms with Crippen LogP contribution in [0.25, 0.3) is 22.2 Å². The number of H-pyrrole nitrogens is 1. The lowest BCUT2D eigenvalue weighted by Gasteiger charge is -2.09. The summed E-state index contributed by atoms with van der Waals surface area (Å²) < 4.78 is 7.38. The van der Waals surface area contributed by atoms with Gasteiger partial charge in [0, 0.05) is 16.1 Å². The predicted octanol–water partition coefficient (Wildman–Crippen LogP) is 5.96. The van der Waals surface area contributed by atoms with Crippen LogP contribution in [0.2, 0.25) is 10.0 Å². The molecule has 0 aliphatic rings. The highest BCUT2D eigenvalue weighted by molar-refractivity contribution is 7.71. The van der Waals surface area contributed by atoms with Gasteiger partial charge in [-0.15, -0.1) is 0 Å². The zero-order chi connectivity index (χ0) is 19.7. The van der Waals surface area contributed by atoms with Crippen LogP contribution in [0.5, 0.6) is 5.75 Å². The Balaban J connectivity index is 1.85. The summed E-state index contributed by atoms with van der Waals surface area (Å²) in [6.45, 7) is 0. The molecule has 0 fully saturated rings. The highest BCUT2D eigenvalue weighted by Gasteiger charge is 2.13. The van der Waals surface area contributed by atoms with Crippen molar-refractivity contribution >= 4 is 52.4 Å². The van der Waals surface area contributed by atoms with Gasteiger partial charge in [0.25, 0.3) is 0 Å². The number of hydrogen-bond donors (Lipinski definition) is 1. The fourth-order valence-electron chi connectivity index (χ4n) is 2.95. The molecule has 1 heterocycles. The molecule has 4 rings (SSSR count). The second-order valence-electron chi connectivity index (χ2n) is 5.94. The number of aromatic nitrogens is 3. The first-order chi connectivity index (χ1) is 13.6. The van der Waals surface area contributed by atoms with E-state index in [1.807, 2.05) is 36.4 Å². The van der Waals surface area contributed by atoms with Crippen LogP contribution in [0.1, 0.15) is 5.56 Å². The molecule has 3 aromatic carbocycles. The molecule has 1 N–H and O–H groups in total. The zero-order valence-corrected chi connectivity index (χ0v) is 17.0. The number of nitrogens with one attached hydrogen (secondary N) is 1. The van der Waals surface area contributed by atoms with Crippen LogP contribution in [0, 0.1) is 4.77 Å². The van der Waals surface area contributed by atoms with Crippen molar-refractivity contribution in [3.8, 4) is 17.1 Å². The fourth-order valence-corrected chi connectivity index (χ4v) is 3.62. The average molecular weight is 429 g/mol. The van der Waals surface area contributed by atoms with Gasteiger partial charge < -0.3 is 4.74 Å². The summed E-state index contributed by atoms with van der Waals surface area (Å²) in [5.74, 6) is 1.20. The largest absolute Gasteiger partial charge is 0.496 e. The highest BCUT2D eigenvalue weighted by atomic mass is 35.5. The van der Waals surface area contributed by atoms with Crippen LogP contribution in [-0.2, 0) is 0 Å². The maximum atomic E-state index is 6.33. The van der Waals surface area contributed by atoms with Gasteiger partial charge in [-0.1, -0.05) is 53.5 Å². The first-order valence-electron chi connectivity index (χ1n) is 8.31. The first kappa shape index (κ1) is 18.7. The highest BCUT2D eigenvalue weighted by Crippen LogP contribution is 2.30. The maximum absolute atomic E-state index is 6.33. The third-order valence-corrected chi connectivity index (χ3v) is 5.09. The van der Waals surface area contributed by atoms with E-state index in [1.54, 1.807) is 31.5 Å². The van der Waals surface area contributed by atoms with Crippen molar-refractivity contribution in [2.75, 3.05) is 7.11 Å². The third kappa shape index (κ3) is 3.42. The minimum Gasteiger partial charge on any atom is -0.496 e. The van der Waals surface area contributed by atoms with Crippen molar-refractivity contribution < 1.29 is 4.74 Å². The average Bonchev–Trinajstić information content (AvgIpc) is 3.06. The molecule has 0 saturated carbocycles. The van der Waals surface area contributed by atoms with E-state index in [0.717, 1.165) is 16.3 Å². The lowest BCUT2D eigenvalue weighted by molar-refractivity contribution is 0.415. The Bertz CT molecular complexity index is 1260. The van der Waals surface area contributed by atoms with Crippen molar-refractivity contribution in [1.82, 2.24) is 14.9 Å². The van der Waals surface area contributed by atoms with E-state index >= 15 is 0 Å². The first-order valence-corrected chi connectivity index (χ1v) is 9.48. The van der Waals surface area contributed by atoms with Gasteiger partial charge in [-0.05, 0) is 47.3 Å². The molecular formula is C20H14Cl2N4OS. The van der Waals surface area contributed by atoms with Gasteiger partial charge in [-0.2, -0.15) is 14.9 Å².